The molecule has 0 saturated carbocycles. The van der Waals surface area contributed by atoms with E-state index in [0.717, 1.165) is 11.4 Å². The zero-order chi connectivity index (χ0) is 15.8. The van der Waals surface area contributed by atoms with Crippen LogP contribution in [0.1, 0.15) is 32.2 Å². The molecular formula is C14H17BrN4O2. The van der Waals surface area contributed by atoms with Gasteiger partial charge in [-0.15, -0.1) is 10.2 Å². The fraction of sp³-hybridized carbons (Fsp3) is 0.429. The van der Waals surface area contributed by atoms with Gasteiger partial charge in [0.1, 0.15) is 5.82 Å². The smallest absolute Gasteiger partial charge is 0.273 e. The highest BCUT2D eigenvalue weighted by Gasteiger charge is 2.26. The lowest BCUT2D eigenvalue weighted by molar-refractivity contribution is -0.385. The molecule has 1 aromatic carbocycles. The molecule has 112 valence electrons. The maximum atomic E-state index is 11.1. The Hall–Kier alpha value is -1.76. The number of nitro benzene ring substituents is 1. The number of rotatable bonds is 3. The van der Waals surface area contributed by atoms with Crippen molar-refractivity contribution in [3.63, 3.8) is 0 Å². The van der Waals surface area contributed by atoms with Crippen molar-refractivity contribution in [3.05, 3.63) is 39.7 Å². The van der Waals surface area contributed by atoms with Crippen LogP contribution >= 0.6 is 15.9 Å². The largest absolute Gasteiger partial charge is 0.305 e. The highest BCUT2D eigenvalue weighted by atomic mass is 79.9. The molecule has 1 aromatic heterocycles. The van der Waals surface area contributed by atoms with Crippen LogP contribution < -0.4 is 0 Å². The predicted molar refractivity (Wildman–Crippen MR) is 84.5 cm³/mol. The van der Waals surface area contributed by atoms with Crippen LogP contribution in [0.2, 0.25) is 0 Å². The summed E-state index contributed by atoms with van der Waals surface area (Å²) in [4.78, 5) is 10.7. The molecule has 0 unspecified atom stereocenters. The first kappa shape index (κ1) is 15.6. The Kier molecular flexibility index (Phi) is 4.13. The minimum absolute atomic E-state index is 0.0938. The average molecular weight is 353 g/mol. The van der Waals surface area contributed by atoms with E-state index in [1.165, 1.54) is 6.07 Å². The average Bonchev–Trinajstić information content (AvgIpc) is 2.82. The lowest BCUT2D eigenvalue weighted by atomic mass is 10.0. The summed E-state index contributed by atoms with van der Waals surface area (Å²) in [7, 11) is 0. The van der Waals surface area contributed by atoms with Gasteiger partial charge in [0, 0.05) is 22.7 Å². The molecule has 0 bridgehead atoms. The first-order chi connectivity index (χ1) is 9.77. The first-order valence-corrected chi connectivity index (χ1v) is 7.64. The Balaban J connectivity index is 2.72. The van der Waals surface area contributed by atoms with E-state index < -0.39 is 0 Å². The number of alkyl halides is 1. The summed E-state index contributed by atoms with van der Waals surface area (Å²) in [6, 6.07) is 5.02. The van der Waals surface area contributed by atoms with Gasteiger partial charge in [0.05, 0.1) is 10.3 Å². The van der Waals surface area contributed by atoms with E-state index in [-0.39, 0.29) is 16.1 Å². The quantitative estimate of drug-likeness (QED) is 0.478. The van der Waals surface area contributed by atoms with E-state index in [1.807, 2.05) is 10.6 Å². The van der Waals surface area contributed by atoms with E-state index >= 15 is 0 Å². The van der Waals surface area contributed by atoms with Crippen molar-refractivity contribution in [1.82, 2.24) is 14.8 Å². The Morgan fingerprint density at radius 1 is 1.33 bits per heavy atom. The van der Waals surface area contributed by atoms with Crippen LogP contribution in [0.4, 0.5) is 5.69 Å². The van der Waals surface area contributed by atoms with Gasteiger partial charge >= 0.3 is 0 Å². The van der Waals surface area contributed by atoms with Crippen molar-refractivity contribution in [2.24, 2.45) is 0 Å². The number of hydrogen-bond acceptors (Lipinski definition) is 4. The van der Waals surface area contributed by atoms with E-state index in [2.05, 4.69) is 46.9 Å². The lowest BCUT2D eigenvalue weighted by Gasteiger charge is -2.25. The van der Waals surface area contributed by atoms with Crippen LogP contribution in [-0.4, -0.2) is 19.7 Å². The van der Waals surface area contributed by atoms with Gasteiger partial charge in [-0.05, 0) is 27.7 Å². The normalized spacial score (nSPS) is 11.7. The molecule has 7 heteroatoms. The van der Waals surface area contributed by atoms with Crippen LogP contribution in [0.25, 0.3) is 11.4 Å². The lowest BCUT2D eigenvalue weighted by Crippen LogP contribution is -2.25. The first-order valence-electron chi connectivity index (χ1n) is 6.52. The molecule has 0 aliphatic heterocycles. The molecule has 0 saturated heterocycles. The maximum Gasteiger partial charge on any atom is 0.273 e. The third-order valence-corrected chi connectivity index (χ3v) is 3.76. The predicted octanol–water partition coefficient (Wildman–Crippen LogP) is 3.81. The van der Waals surface area contributed by atoms with Gasteiger partial charge in [0.2, 0.25) is 0 Å². The van der Waals surface area contributed by atoms with Gasteiger partial charge in [0.25, 0.3) is 5.69 Å². The topological polar surface area (TPSA) is 73.8 Å². The standard InChI is InChI=1S/C14H17BrN4O2/c1-9-10(6-5-7-11(9)19(20)21)13-17-16-12(8-15)18(13)14(2,3)4/h5-7H,8H2,1-4H3. The molecule has 2 rings (SSSR count). The molecule has 0 atom stereocenters. The summed E-state index contributed by atoms with van der Waals surface area (Å²) >= 11 is 3.41. The molecule has 6 nitrogen and oxygen atoms in total. The highest BCUT2D eigenvalue weighted by Crippen LogP contribution is 2.32. The molecule has 0 radical (unpaired) electrons. The number of hydrogen-bond donors (Lipinski definition) is 0. The van der Waals surface area contributed by atoms with Gasteiger partial charge in [0.15, 0.2) is 5.82 Å². The zero-order valence-electron chi connectivity index (χ0n) is 12.4. The second-order valence-electron chi connectivity index (χ2n) is 5.79. The van der Waals surface area contributed by atoms with Crippen LogP contribution in [-0.2, 0) is 10.9 Å². The number of nitro groups is 1. The minimum atomic E-state index is -0.373. The van der Waals surface area contributed by atoms with Crippen molar-refractivity contribution < 1.29 is 4.92 Å². The summed E-state index contributed by atoms with van der Waals surface area (Å²) in [5.41, 5.74) is 1.20. The van der Waals surface area contributed by atoms with Crippen molar-refractivity contribution in [2.75, 3.05) is 0 Å². The third kappa shape index (κ3) is 2.83. The summed E-state index contributed by atoms with van der Waals surface area (Å²) in [6.07, 6.45) is 0. The summed E-state index contributed by atoms with van der Waals surface area (Å²) in [5, 5.41) is 20.1. The Bertz CT molecular complexity index is 689. The van der Waals surface area contributed by atoms with Gasteiger partial charge < -0.3 is 4.57 Å². The Morgan fingerprint density at radius 2 is 2.00 bits per heavy atom. The molecule has 0 aliphatic carbocycles. The minimum Gasteiger partial charge on any atom is -0.305 e. The molecular weight excluding hydrogens is 336 g/mol. The van der Waals surface area contributed by atoms with E-state index in [0.29, 0.717) is 16.7 Å². The number of nitrogens with zero attached hydrogens (tertiary/aromatic N) is 4. The molecule has 21 heavy (non-hydrogen) atoms. The molecule has 0 N–H and O–H groups in total. The van der Waals surface area contributed by atoms with Crippen LogP contribution in [0.5, 0.6) is 0 Å². The molecule has 0 amide bonds. The van der Waals surface area contributed by atoms with Crippen LogP contribution in [0, 0.1) is 17.0 Å². The van der Waals surface area contributed by atoms with Crippen LogP contribution in [0.3, 0.4) is 0 Å². The van der Waals surface area contributed by atoms with E-state index in [1.54, 1.807) is 13.0 Å². The van der Waals surface area contributed by atoms with Crippen molar-refractivity contribution >= 4 is 21.6 Å². The molecule has 2 aromatic rings. The Morgan fingerprint density at radius 3 is 2.52 bits per heavy atom. The zero-order valence-corrected chi connectivity index (χ0v) is 14.0. The second kappa shape index (κ2) is 5.55. The van der Waals surface area contributed by atoms with Crippen LogP contribution in [0.15, 0.2) is 18.2 Å². The fourth-order valence-electron chi connectivity index (χ4n) is 2.35. The summed E-state index contributed by atoms with van der Waals surface area (Å²) in [6.45, 7) is 7.90. The highest BCUT2D eigenvalue weighted by molar-refractivity contribution is 9.08. The molecule has 1 heterocycles. The van der Waals surface area contributed by atoms with Crippen molar-refractivity contribution in [3.8, 4) is 11.4 Å². The maximum absolute atomic E-state index is 11.1. The van der Waals surface area contributed by atoms with E-state index in [9.17, 15) is 10.1 Å². The van der Waals surface area contributed by atoms with Gasteiger partial charge in [-0.25, -0.2) is 0 Å². The van der Waals surface area contributed by atoms with Gasteiger partial charge in [-0.3, -0.25) is 10.1 Å². The molecule has 0 fully saturated rings. The fourth-order valence-corrected chi connectivity index (χ4v) is 2.71. The summed E-state index contributed by atoms with van der Waals surface area (Å²) < 4.78 is 2.01. The Labute approximate surface area is 131 Å². The summed E-state index contributed by atoms with van der Waals surface area (Å²) in [5.74, 6) is 1.45. The SMILES string of the molecule is Cc1c(-c2nnc(CBr)n2C(C)(C)C)cccc1[N+](=O)[O-]. The molecule has 0 aliphatic rings. The number of aromatic nitrogens is 3. The van der Waals surface area contributed by atoms with Crippen molar-refractivity contribution in [2.45, 2.75) is 38.6 Å². The second-order valence-corrected chi connectivity index (χ2v) is 6.35. The van der Waals surface area contributed by atoms with Crippen molar-refractivity contribution in [1.29, 1.82) is 0 Å². The van der Waals surface area contributed by atoms with Gasteiger partial charge in [-0.1, -0.05) is 28.1 Å². The van der Waals surface area contributed by atoms with Gasteiger partial charge in [-0.2, -0.15) is 0 Å². The number of benzene rings is 1. The molecule has 0 spiro atoms. The third-order valence-electron chi connectivity index (χ3n) is 3.26. The monoisotopic (exact) mass is 352 g/mol. The van der Waals surface area contributed by atoms with E-state index in [4.69, 9.17) is 0 Å². The number of halogens is 1.